The van der Waals surface area contributed by atoms with E-state index in [0.717, 1.165) is 18.0 Å². The Labute approximate surface area is 93.6 Å². The smallest absolute Gasteiger partial charge is 0.0123 e. The van der Waals surface area contributed by atoms with Crippen LogP contribution in [-0.4, -0.2) is 48.1 Å². The summed E-state index contributed by atoms with van der Waals surface area (Å²) < 4.78 is 0. The summed E-state index contributed by atoms with van der Waals surface area (Å²) in [5.74, 6) is 1.07. The van der Waals surface area contributed by atoms with Crippen molar-refractivity contribution in [3.63, 3.8) is 0 Å². The van der Waals surface area contributed by atoms with Gasteiger partial charge in [0, 0.05) is 18.6 Å². The summed E-state index contributed by atoms with van der Waals surface area (Å²) in [5.41, 5.74) is 0. The van der Waals surface area contributed by atoms with Gasteiger partial charge in [0.05, 0.1) is 0 Å². The number of fused-ring (bicyclic) bond motifs is 2. The molecule has 0 aromatic rings. The first kappa shape index (κ1) is 10.1. The van der Waals surface area contributed by atoms with E-state index in [-0.39, 0.29) is 0 Å². The molecule has 0 spiro atoms. The van der Waals surface area contributed by atoms with Crippen molar-refractivity contribution in [2.24, 2.45) is 5.92 Å². The lowest BCUT2D eigenvalue weighted by Gasteiger charge is -2.40. The average molecular weight is 208 g/mol. The van der Waals surface area contributed by atoms with E-state index in [1.165, 1.54) is 58.3 Å². The fourth-order valence-electron chi connectivity index (χ4n) is 3.98. The molecule has 0 radical (unpaired) electrons. The van der Waals surface area contributed by atoms with Crippen molar-refractivity contribution < 1.29 is 0 Å². The van der Waals surface area contributed by atoms with E-state index >= 15 is 0 Å². The number of hydrogen-bond acceptors (Lipinski definition) is 2. The molecule has 2 heterocycles. The van der Waals surface area contributed by atoms with Crippen molar-refractivity contribution in [1.29, 1.82) is 0 Å². The van der Waals surface area contributed by atoms with Crippen molar-refractivity contribution in [3.8, 4) is 0 Å². The largest absolute Gasteiger partial charge is 0.303 e. The normalized spacial score (nSPS) is 39.0. The Morgan fingerprint density at radius 1 is 1.00 bits per heavy atom. The van der Waals surface area contributed by atoms with E-state index in [4.69, 9.17) is 0 Å². The van der Waals surface area contributed by atoms with E-state index < -0.39 is 0 Å². The van der Waals surface area contributed by atoms with Crippen LogP contribution in [0, 0.1) is 5.92 Å². The minimum Gasteiger partial charge on any atom is -0.303 e. The zero-order valence-corrected chi connectivity index (χ0v) is 9.99. The van der Waals surface area contributed by atoms with Crippen LogP contribution in [0.3, 0.4) is 0 Å². The van der Waals surface area contributed by atoms with Gasteiger partial charge in [-0.2, -0.15) is 0 Å². The molecule has 2 nitrogen and oxygen atoms in total. The van der Waals surface area contributed by atoms with E-state index in [1.807, 2.05) is 0 Å². The van der Waals surface area contributed by atoms with E-state index in [2.05, 4.69) is 16.7 Å². The molecule has 0 N–H and O–H groups in total. The lowest BCUT2D eigenvalue weighted by Crippen LogP contribution is -2.47. The number of hydrogen-bond donors (Lipinski definition) is 0. The van der Waals surface area contributed by atoms with Gasteiger partial charge in [0.25, 0.3) is 0 Å². The summed E-state index contributed by atoms with van der Waals surface area (Å²) in [6.07, 6.45) is 7.40. The average Bonchev–Trinajstić information content (AvgIpc) is 2.91. The standard InChI is InChI=1S/C13H24N2/c1-2-14-7-5-12(6-8-14)15-10-11-3-4-13(15)9-11/h11-13H,2-10H2,1H3. The van der Waals surface area contributed by atoms with Gasteiger partial charge in [-0.25, -0.2) is 0 Å². The Kier molecular flexibility index (Phi) is 2.73. The Morgan fingerprint density at radius 3 is 2.33 bits per heavy atom. The molecule has 3 fully saturated rings. The fourth-order valence-corrected chi connectivity index (χ4v) is 3.98. The molecule has 2 bridgehead atoms. The number of rotatable bonds is 2. The number of likely N-dealkylation sites (tertiary alicyclic amines) is 2. The van der Waals surface area contributed by atoms with Crippen LogP contribution in [0.1, 0.15) is 39.0 Å². The predicted octanol–water partition coefficient (Wildman–Crippen LogP) is 1.95. The molecule has 3 rings (SSSR count). The van der Waals surface area contributed by atoms with Gasteiger partial charge in [0.15, 0.2) is 0 Å². The van der Waals surface area contributed by atoms with Crippen molar-refractivity contribution in [3.05, 3.63) is 0 Å². The molecule has 0 amide bonds. The molecule has 0 aromatic carbocycles. The monoisotopic (exact) mass is 208 g/mol. The maximum atomic E-state index is 2.86. The highest BCUT2D eigenvalue weighted by Gasteiger charge is 2.41. The zero-order chi connectivity index (χ0) is 10.3. The second kappa shape index (κ2) is 4.06. The van der Waals surface area contributed by atoms with Gasteiger partial charge in [-0.1, -0.05) is 6.92 Å². The van der Waals surface area contributed by atoms with Crippen LogP contribution in [0.5, 0.6) is 0 Å². The highest BCUT2D eigenvalue weighted by atomic mass is 15.2. The second-order valence-electron chi connectivity index (χ2n) is 5.70. The first-order valence-electron chi connectivity index (χ1n) is 6.85. The molecule has 0 aromatic heterocycles. The van der Waals surface area contributed by atoms with E-state index in [1.54, 1.807) is 0 Å². The van der Waals surface area contributed by atoms with Crippen molar-refractivity contribution in [2.75, 3.05) is 26.2 Å². The SMILES string of the molecule is CCN1CCC(N2CC3CCC2C3)CC1. The van der Waals surface area contributed by atoms with E-state index in [9.17, 15) is 0 Å². The summed E-state index contributed by atoms with van der Waals surface area (Å²) in [6, 6.07) is 1.91. The van der Waals surface area contributed by atoms with Gasteiger partial charge < -0.3 is 4.90 Å². The Hall–Kier alpha value is -0.0800. The van der Waals surface area contributed by atoms with Crippen LogP contribution in [0.4, 0.5) is 0 Å². The van der Waals surface area contributed by atoms with Gasteiger partial charge in [-0.3, -0.25) is 4.90 Å². The predicted molar refractivity (Wildman–Crippen MR) is 63.0 cm³/mol. The minimum atomic E-state index is 0.933. The van der Waals surface area contributed by atoms with Crippen LogP contribution < -0.4 is 0 Å². The molecule has 1 aliphatic carbocycles. The molecule has 2 atom stereocenters. The highest BCUT2D eigenvalue weighted by molar-refractivity contribution is 4.96. The third kappa shape index (κ3) is 1.83. The van der Waals surface area contributed by atoms with Crippen molar-refractivity contribution in [1.82, 2.24) is 9.80 Å². The molecular formula is C13H24N2. The van der Waals surface area contributed by atoms with Crippen LogP contribution in [-0.2, 0) is 0 Å². The summed E-state index contributed by atoms with van der Waals surface area (Å²) in [6.45, 7) is 7.66. The summed E-state index contributed by atoms with van der Waals surface area (Å²) >= 11 is 0. The molecule has 2 unspecified atom stereocenters. The second-order valence-corrected chi connectivity index (χ2v) is 5.70. The van der Waals surface area contributed by atoms with Crippen LogP contribution in [0.15, 0.2) is 0 Å². The van der Waals surface area contributed by atoms with Crippen molar-refractivity contribution in [2.45, 2.75) is 51.1 Å². The van der Waals surface area contributed by atoms with Gasteiger partial charge >= 0.3 is 0 Å². The van der Waals surface area contributed by atoms with E-state index in [0.29, 0.717) is 0 Å². The topological polar surface area (TPSA) is 6.48 Å². The highest BCUT2D eigenvalue weighted by Crippen LogP contribution is 2.40. The summed E-state index contributed by atoms with van der Waals surface area (Å²) in [7, 11) is 0. The summed E-state index contributed by atoms with van der Waals surface area (Å²) in [4.78, 5) is 5.46. The number of nitrogens with zero attached hydrogens (tertiary/aromatic N) is 2. The maximum absolute atomic E-state index is 2.86. The Balaban J connectivity index is 1.56. The van der Waals surface area contributed by atoms with Crippen LogP contribution >= 0.6 is 0 Å². The molecule has 86 valence electrons. The van der Waals surface area contributed by atoms with Crippen LogP contribution in [0.2, 0.25) is 0 Å². The zero-order valence-electron chi connectivity index (χ0n) is 9.99. The Bertz CT molecular complexity index is 221. The molecular weight excluding hydrogens is 184 g/mol. The van der Waals surface area contributed by atoms with Gasteiger partial charge in [-0.15, -0.1) is 0 Å². The molecule has 3 aliphatic rings. The van der Waals surface area contributed by atoms with Gasteiger partial charge in [0.1, 0.15) is 0 Å². The third-order valence-corrected chi connectivity index (χ3v) is 4.92. The van der Waals surface area contributed by atoms with Gasteiger partial charge in [0.2, 0.25) is 0 Å². The maximum Gasteiger partial charge on any atom is 0.0123 e. The van der Waals surface area contributed by atoms with Crippen LogP contribution in [0.25, 0.3) is 0 Å². The fraction of sp³-hybridized carbons (Fsp3) is 1.00. The Morgan fingerprint density at radius 2 is 1.80 bits per heavy atom. The quantitative estimate of drug-likeness (QED) is 0.684. The first-order valence-corrected chi connectivity index (χ1v) is 6.85. The molecule has 1 saturated carbocycles. The first-order chi connectivity index (χ1) is 7.36. The molecule has 2 heteroatoms. The van der Waals surface area contributed by atoms with Crippen molar-refractivity contribution >= 4 is 0 Å². The molecule has 2 aliphatic heterocycles. The number of piperidine rings is 2. The minimum absolute atomic E-state index is 0.933. The van der Waals surface area contributed by atoms with Gasteiger partial charge in [-0.05, 0) is 57.7 Å². The molecule has 2 saturated heterocycles. The lowest BCUT2D eigenvalue weighted by atomic mass is 10.00. The molecule has 15 heavy (non-hydrogen) atoms. The lowest BCUT2D eigenvalue weighted by molar-refractivity contribution is 0.0858. The summed E-state index contributed by atoms with van der Waals surface area (Å²) in [5, 5.41) is 0. The third-order valence-electron chi connectivity index (χ3n) is 4.92.